The number of nitrogens with one attached hydrogen (secondary N) is 1. The van der Waals surface area contributed by atoms with Gasteiger partial charge in [0.25, 0.3) is 17.7 Å². The van der Waals surface area contributed by atoms with E-state index in [0.717, 1.165) is 15.5 Å². The topological polar surface area (TPSA) is 105 Å². The number of anilines is 1. The second-order valence-electron chi connectivity index (χ2n) is 8.18. The minimum Gasteiger partial charge on any atom is -0.493 e. The number of ether oxygens (including phenoxy) is 2. The third-order valence-electron chi connectivity index (χ3n) is 5.80. The lowest BCUT2D eigenvalue weighted by Gasteiger charge is -2.28. The highest BCUT2D eigenvalue weighted by Crippen LogP contribution is 2.30. The van der Waals surface area contributed by atoms with Crippen molar-refractivity contribution in [3.05, 3.63) is 89.5 Å². The van der Waals surface area contributed by atoms with Crippen LogP contribution in [0, 0.1) is 6.92 Å². The number of carbonyl (C=O) groups is 4. The Morgan fingerprint density at radius 1 is 0.889 bits per heavy atom. The van der Waals surface area contributed by atoms with Gasteiger partial charge in [-0.1, -0.05) is 35.9 Å². The Balaban J connectivity index is 1.71. The summed E-state index contributed by atoms with van der Waals surface area (Å²) in [5.74, 6) is -1.67. The lowest BCUT2D eigenvalue weighted by Crippen LogP contribution is -2.54. The molecule has 1 aliphatic heterocycles. The van der Waals surface area contributed by atoms with Gasteiger partial charge in [-0.2, -0.15) is 0 Å². The molecule has 1 aliphatic rings. The number of hydrazine groups is 1. The molecule has 0 aliphatic carbocycles. The molecule has 0 saturated carbocycles. The predicted molar refractivity (Wildman–Crippen MR) is 132 cm³/mol. The summed E-state index contributed by atoms with van der Waals surface area (Å²) in [6.07, 6.45) is -0.291. The number of benzene rings is 3. The number of hydrogen-bond acceptors (Lipinski definition) is 6. The van der Waals surface area contributed by atoms with Crippen molar-refractivity contribution in [3.8, 4) is 11.5 Å². The van der Waals surface area contributed by atoms with E-state index in [1.807, 2.05) is 13.0 Å². The molecule has 0 aromatic heterocycles. The largest absolute Gasteiger partial charge is 0.493 e. The second kappa shape index (κ2) is 10.3. The van der Waals surface area contributed by atoms with Gasteiger partial charge >= 0.3 is 0 Å². The van der Waals surface area contributed by atoms with E-state index in [9.17, 15) is 19.2 Å². The van der Waals surface area contributed by atoms with Crippen LogP contribution < -0.4 is 19.8 Å². The van der Waals surface area contributed by atoms with Gasteiger partial charge in [-0.25, -0.2) is 9.91 Å². The van der Waals surface area contributed by atoms with Crippen LogP contribution in [0.15, 0.2) is 72.8 Å². The summed E-state index contributed by atoms with van der Waals surface area (Å²) in [6.45, 7) is 1.83. The number of rotatable bonds is 6. The maximum Gasteiger partial charge on any atom is 0.273 e. The van der Waals surface area contributed by atoms with E-state index in [2.05, 4.69) is 5.43 Å². The number of aryl methyl sites for hydroxylation is 1. The van der Waals surface area contributed by atoms with Crippen molar-refractivity contribution in [2.24, 2.45) is 0 Å². The quantitative estimate of drug-likeness (QED) is 0.423. The maximum atomic E-state index is 13.7. The van der Waals surface area contributed by atoms with Crippen LogP contribution in [0.25, 0.3) is 0 Å². The molecule has 1 N–H and O–H groups in total. The lowest BCUT2D eigenvalue weighted by atomic mass is 10.1. The van der Waals surface area contributed by atoms with Crippen molar-refractivity contribution < 1.29 is 28.7 Å². The van der Waals surface area contributed by atoms with Crippen molar-refractivity contribution in [1.82, 2.24) is 10.4 Å². The molecule has 184 valence electrons. The van der Waals surface area contributed by atoms with Gasteiger partial charge in [0.1, 0.15) is 6.04 Å². The van der Waals surface area contributed by atoms with Crippen LogP contribution in [0.3, 0.4) is 0 Å². The number of carbonyl (C=O) groups excluding carboxylic acids is 4. The van der Waals surface area contributed by atoms with E-state index in [4.69, 9.17) is 9.47 Å². The van der Waals surface area contributed by atoms with Crippen LogP contribution in [-0.2, 0) is 9.59 Å². The molecule has 1 unspecified atom stereocenters. The molecule has 1 atom stereocenters. The molecule has 3 aromatic rings. The molecular weight excluding hydrogens is 462 g/mol. The Bertz CT molecular complexity index is 1320. The van der Waals surface area contributed by atoms with Gasteiger partial charge in [-0.05, 0) is 49.4 Å². The number of amides is 4. The summed E-state index contributed by atoms with van der Waals surface area (Å²) in [7, 11) is 2.90. The summed E-state index contributed by atoms with van der Waals surface area (Å²) in [4.78, 5) is 54.1. The first-order chi connectivity index (χ1) is 17.3. The fourth-order valence-electron chi connectivity index (χ4n) is 4.00. The maximum absolute atomic E-state index is 13.7. The number of imide groups is 1. The summed E-state index contributed by atoms with van der Waals surface area (Å²) >= 11 is 0. The monoisotopic (exact) mass is 487 g/mol. The minimum absolute atomic E-state index is 0.135. The molecule has 9 heteroatoms. The summed E-state index contributed by atoms with van der Waals surface area (Å²) < 4.78 is 10.5. The lowest BCUT2D eigenvalue weighted by molar-refractivity contribution is -0.122. The number of nitrogens with zero attached hydrogens (tertiary/aromatic N) is 2. The van der Waals surface area contributed by atoms with E-state index >= 15 is 0 Å². The SMILES string of the molecule is COc1ccc(C(=O)N(NC(=O)c2cccc(C)c2)C2CC(=O)N(c3ccccc3)C2=O)cc1OC. The highest BCUT2D eigenvalue weighted by Gasteiger charge is 2.45. The first-order valence-corrected chi connectivity index (χ1v) is 11.2. The van der Waals surface area contributed by atoms with E-state index < -0.39 is 29.7 Å². The molecule has 9 nitrogen and oxygen atoms in total. The third-order valence-corrected chi connectivity index (χ3v) is 5.80. The zero-order chi connectivity index (χ0) is 25.8. The Labute approximate surface area is 208 Å². The molecule has 36 heavy (non-hydrogen) atoms. The van der Waals surface area contributed by atoms with Gasteiger partial charge in [0.05, 0.1) is 26.3 Å². The molecule has 4 amide bonds. The second-order valence-corrected chi connectivity index (χ2v) is 8.18. The van der Waals surface area contributed by atoms with Crippen molar-refractivity contribution >= 4 is 29.3 Å². The predicted octanol–water partition coefficient (Wildman–Crippen LogP) is 3.13. The summed E-state index contributed by atoms with van der Waals surface area (Å²) in [6, 6.07) is 18.5. The fourth-order valence-corrected chi connectivity index (χ4v) is 4.00. The zero-order valence-corrected chi connectivity index (χ0v) is 20.1. The van der Waals surface area contributed by atoms with Crippen molar-refractivity contribution in [2.75, 3.05) is 19.1 Å². The number of para-hydroxylation sites is 1. The molecule has 4 rings (SSSR count). The van der Waals surface area contributed by atoms with E-state index in [-0.39, 0.29) is 12.0 Å². The van der Waals surface area contributed by atoms with Gasteiger partial charge in [0, 0.05) is 11.1 Å². The van der Waals surface area contributed by atoms with Gasteiger partial charge in [0.15, 0.2) is 11.5 Å². The Kier molecular flexibility index (Phi) is 7.00. The fraction of sp³-hybridized carbons (Fsp3) is 0.185. The highest BCUT2D eigenvalue weighted by atomic mass is 16.5. The first kappa shape index (κ1) is 24.5. The molecule has 0 radical (unpaired) electrons. The molecule has 1 heterocycles. The van der Waals surface area contributed by atoms with Crippen molar-refractivity contribution in [1.29, 1.82) is 0 Å². The molecule has 3 aromatic carbocycles. The van der Waals surface area contributed by atoms with Crippen LogP contribution in [0.2, 0.25) is 0 Å². The van der Waals surface area contributed by atoms with Crippen molar-refractivity contribution in [2.45, 2.75) is 19.4 Å². The van der Waals surface area contributed by atoms with Crippen LogP contribution in [0.1, 0.15) is 32.7 Å². The Hall–Kier alpha value is -4.66. The Morgan fingerprint density at radius 2 is 1.61 bits per heavy atom. The minimum atomic E-state index is -1.24. The van der Waals surface area contributed by atoms with Gasteiger partial charge in [0.2, 0.25) is 5.91 Å². The van der Waals surface area contributed by atoms with Gasteiger partial charge in [-0.15, -0.1) is 0 Å². The van der Waals surface area contributed by atoms with Gasteiger partial charge < -0.3 is 9.47 Å². The van der Waals surface area contributed by atoms with Crippen LogP contribution in [0.5, 0.6) is 11.5 Å². The summed E-state index contributed by atoms with van der Waals surface area (Å²) in [5.41, 5.74) is 4.24. The summed E-state index contributed by atoms with van der Waals surface area (Å²) in [5, 5.41) is 0.926. The Morgan fingerprint density at radius 3 is 2.28 bits per heavy atom. The average molecular weight is 488 g/mol. The van der Waals surface area contributed by atoms with Gasteiger partial charge in [-0.3, -0.25) is 24.6 Å². The van der Waals surface area contributed by atoms with Crippen molar-refractivity contribution in [3.63, 3.8) is 0 Å². The highest BCUT2D eigenvalue weighted by molar-refractivity contribution is 6.23. The van der Waals surface area contributed by atoms with Crippen LogP contribution >= 0.6 is 0 Å². The van der Waals surface area contributed by atoms with E-state index in [1.165, 1.54) is 26.4 Å². The number of methoxy groups -OCH3 is 2. The smallest absolute Gasteiger partial charge is 0.273 e. The van der Waals surface area contributed by atoms with E-state index in [1.54, 1.807) is 54.6 Å². The average Bonchev–Trinajstić information content (AvgIpc) is 3.19. The normalized spacial score (nSPS) is 15.0. The number of hydrogen-bond donors (Lipinski definition) is 1. The van der Waals surface area contributed by atoms with Crippen LogP contribution in [0.4, 0.5) is 5.69 Å². The molecule has 1 saturated heterocycles. The standard InChI is InChI=1S/C27H25N3O6/c1-17-8-7-9-18(14-17)25(32)28-30(26(33)19-12-13-22(35-2)23(15-19)36-3)21-16-24(31)29(27(21)34)20-10-5-4-6-11-20/h4-15,21H,16H2,1-3H3,(H,28,32). The zero-order valence-electron chi connectivity index (χ0n) is 20.1. The molecule has 0 bridgehead atoms. The third kappa shape index (κ3) is 4.76. The first-order valence-electron chi connectivity index (χ1n) is 11.2. The molecule has 0 spiro atoms. The van der Waals surface area contributed by atoms with Crippen LogP contribution in [-0.4, -0.2) is 48.9 Å². The molecule has 1 fully saturated rings. The van der Waals surface area contributed by atoms with E-state index in [0.29, 0.717) is 22.7 Å². The molecular formula is C27H25N3O6.